The Morgan fingerprint density at radius 3 is 1.72 bits per heavy atom. The Bertz CT molecular complexity index is 645. The van der Waals surface area contributed by atoms with Crippen molar-refractivity contribution in [3.63, 3.8) is 0 Å². The van der Waals surface area contributed by atoms with Gasteiger partial charge in [-0.25, -0.2) is 0 Å². The summed E-state index contributed by atoms with van der Waals surface area (Å²) in [5.74, 6) is 1.08. The van der Waals surface area contributed by atoms with Gasteiger partial charge in [-0.15, -0.1) is 0 Å². The highest BCUT2D eigenvalue weighted by Gasteiger charge is 2.49. The highest BCUT2D eigenvalue weighted by molar-refractivity contribution is 5.42. The Morgan fingerprint density at radius 1 is 0.840 bits per heavy atom. The first-order valence-electron chi connectivity index (χ1n) is 8.68. The zero-order valence-electron chi connectivity index (χ0n) is 15.4. The maximum Gasteiger partial charge on any atom is 0.167 e. The highest BCUT2D eigenvalue weighted by atomic mass is 16.7. The van der Waals surface area contributed by atoms with Crippen LogP contribution in [0.3, 0.4) is 0 Å². The molecule has 1 atom stereocenters. The molecule has 1 unspecified atom stereocenters. The van der Waals surface area contributed by atoms with E-state index < -0.39 is 11.4 Å². The molecule has 1 heterocycles. The molecule has 1 aliphatic heterocycles. The van der Waals surface area contributed by atoms with Gasteiger partial charge in [-0.1, -0.05) is 24.3 Å². The third kappa shape index (κ3) is 3.37. The fourth-order valence-corrected chi connectivity index (χ4v) is 3.57. The lowest BCUT2D eigenvalue weighted by atomic mass is 9.84. The molecular formula is C21H26O4. The van der Waals surface area contributed by atoms with E-state index in [4.69, 9.17) is 18.9 Å². The van der Waals surface area contributed by atoms with Crippen LogP contribution in [0.25, 0.3) is 0 Å². The third-order valence-electron chi connectivity index (χ3n) is 4.88. The molecule has 134 valence electrons. The van der Waals surface area contributed by atoms with Crippen LogP contribution in [0.4, 0.5) is 0 Å². The number of hydrogen-bond acceptors (Lipinski definition) is 4. The van der Waals surface area contributed by atoms with Gasteiger partial charge < -0.3 is 18.9 Å². The zero-order chi connectivity index (χ0) is 17.9. The maximum atomic E-state index is 6.59. The van der Waals surface area contributed by atoms with E-state index in [1.54, 1.807) is 14.2 Å². The summed E-state index contributed by atoms with van der Waals surface area (Å²) in [5.41, 5.74) is 1.66. The Labute approximate surface area is 149 Å². The van der Waals surface area contributed by atoms with Crippen LogP contribution >= 0.6 is 0 Å². The fraction of sp³-hybridized carbons (Fsp3) is 0.429. The smallest absolute Gasteiger partial charge is 0.167 e. The summed E-state index contributed by atoms with van der Waals surface area (Å²) in [6.45, 7) is 4.64. The van der Waals surface area contributed by atoms with Crippen molar-refractivity contribution in [2.75, 3.05) is 20.8 Å². The number of benzene rings is 2. The molecule has 0 amide bonds. The average Bonchev–Trinajstić information content (AvgIpc) is 3.01. The van der Waals surface area contributed by atoms with Gasteiger partial charge in [0.05, 0.1) is 14.2 Å². The van der Waals surface area contributed by atoms with Gasteiger partial charge in [0.1, 0.15) is 17.1 Å². The van der Waals surface area contributed by atoms with Crippen molar-refractivity contribution in [2.45, 2.75) is 38.1 Å². The second kappa shape index (κ2) is 7.06. The Morgan fingerprint density at radius 2 is 1.32 bits per heavy atom. The lowest BCUT2D eigenvalue weighted by molar-refractivity contribution is -0.233. The summed E-state index contributed by atoms with van der Waals surface area (Å²) in [7, 11) is 3.35. The van der Waals surface area contributed by atoms with Gasteiger partial charge in [0.2, 0.25) is 0 Å². The maximum absolute atomic E-state index is 6.59. The van der Waals surface area contributed by atoms with Crippen LogP contribution in [0.5, 0.6) is 11.5 Å². The quantitative estimate of drug-likeness (QED) is 0.774. The molecule has 4 nitrogen and oxygen atoms in total. The summed E-state index contributed by atoms with van der Waals surface area (Å²) in [6, 6.07) is 16.2. The van der Waals surface area contributed by atoms with Crippen LogP contribution in [0, 0.1) is 0 Å². The minimum atomic E-state index is -0.589. The van der Waals surface area contributed by atoms with Crippen molar-refractivity contribution >= 4 is 0 Å². The van der Waals surface area contributed by atoms with Gasteiger partial charge >= 0.3 is 0 Å². The van der Waals surface area contributed by atoms with Crippen LogP contribution < -0.4 is 9.47 Å². The molecule has 1 fully saturated rings. The minimum Gasteiger partial charge on any atom is -0.497 e. The van der Waals surface area contributed by atoms with E-state index in [1.165, 1.54) is 0 Å². The molecule has 0 aliphatic carbocycles. The van der Waals surface area contributed by atoms with E-state index in [1.807, 2.05) is 38.1 Å². The molecule has 0 bridgehead atoms. The molecule has 0 spiro atoms. The lowest BCUT2D eigenvalue weighted by Gasteiger charge is -2.34. The molecule has 0 saturated carbocycles. The van der Waals surface area contributed by atoms with Crippen LogP contribution in [0.15, 0.2) is 48.5 Å². The van der Waals surface area contributed by atoms with E-state index in [0.29, 0.717) is 6.61 Å². The van der Waals surface area contributed by atoms with Gasteiger partial charge in [-0.2, -0.15) is 0 Å². The summed E-state index contributed by atoms with van der Waals surface area (Å²) >= 11 is 0. The normalized spacial score (nSPS) is 21.9. The molecule has 4 heteroatoms. The molecule has 0 aromatic heterocycles. The molecular weight excluding hydrogens is 316 g/mol. The summed E-state index contributed by atoms with van der Waals surface area (Å²) in [6.07, 6.45) is 1.68. The molecule has 0 radical (unpaired) electrons. The van der Waals surface area contributed by atoms with E-state index in [2.05, 4.69) is 24.3 Å². The van der Waals surface area contributed by atoms with Crippen LogP contribution in [-0.4, -0.2) is 26.6 Å². The monoisotopic (exact) mass is 342 g/mol. The number of ether oxygens (including phenoxy) is 4. The summed E-state index contributed by atoms with van der Waals surface area (Å²) < 4.78 is 23.1. The van der Waals surface area contributed by atoms with Gasteiger partial charge in [-0.3, -0.25) is 0 Å². The van der Waals surface area contributed by atoms with E-state index in [0.717, 1.165) is 35.5 Å². The standard InChI is InChI=1S/C21H26O4/c1-5-24-20(2)14-15-21(25-20,16-6-10-18(22-3)11-7-16)17-8-12-19(23-4)13-9-17/h6-13H,5,14-15H2,1-4H3. The van der Waals surface area contributed by atoms with Crippen molar-refractivity contribution in [1.82, 2.24) is 0 Å². The van der Waals surface area contributed by atoms with E-state index in [9.17, 15) is 0 Å². The van der Waals surface area contributed by atoms with Crippen molar-refractivity contribution in [2.24, 2.45) is 0 Å². The first-order valence-corrected chi connectivity index (χ1v) is 8.68. The molecule has 2 aromatic carbocycles. The van der Waals surface area contributed by atoms with Crippen molar-refractivity contribution in [1.29, 1.82) is 0 Å². The number of rotatable bonds is 6. The Hall–Kier alpha value is -2.04. The number of methoxy groups -OCH3 is 2. The van der Waals surface area contributed by atoms with Crippen molar-refractivity contribution in [3.8, 4) is 11.5 Å². The fourth-order valence-electron chi connectivity index (χ4n) is 3.57. The van der Waals surface area contributed by atoms with E-state index in [-0.39, 0.29) is 0 Å². The largest absolute Gasteiger partial charge is 0.497 e. The van der Waals surface area contributed by atoms with Gasteiger partial charge in [0.25, 0.3) is 0 Å². The van der Waals surface area contributed by atoms with Gasteiger partial charge in [-0.05, 0) is 55.7 Å². The third-order valence-corrected chi connectivity index (χ3v) is 4.88. The molecule has 3 rings (SSSR count). The zero-order valence-corrected chi connectivity index (χ0v) is 15.4. The average molecular weight is 342 g/mol. The Kier molecular flexibility index (Phi) is 5.02. The predicted octanol–water partition coefficient (Wildman–Crippen LogP) is 4.51. The molecule has 0 N–H and O–H groups in total. The second-order valence-electron chi connectivity index (χ2n) is 6.45. The Balaban J connectivity index is 2.04. The van der Waals surface area contributed by atoms with Crippen LogP contribution in [-0.2, 0) is 15.1 Å². The minimum absolute atomic E-state index is 0.539. The molecule has 25 heavy (non-hydrogen) atoms. The van der Waals surface area contributed by atoms with Gasteiger partial charge in [0.15, 0.2) is 5.79 Å². The topological polar surface area (TPSA) is 36.9 Å². The van der Waals surface area contributed by atoms with Crippen LogP contribution in [0.2, 0.25) is 0 Å². The summed E-state index contributed by atoms with van der Waals surface area (Å²) in [4.78, 5) is 0. The lowest BCUT2D eigenvalue weighted by Crippen LogP contribution is -2.35. The first-order chi connectivity index (χ1) is 12.0. The second-order valence-corrected chi connectivity index (χ2v) is 6.45. The van der Waals surface area contributed by atoms with Crippen molar-refractivity contribution < 1.29 is 18.9 Å². The molecule has 1 saturated heterocycles. The SMILES string of the molecule is CCOC1(C)CCC(c2ccc(OC)cc2)(c2ccc(OC)cc2)O1. The predicted molar refractivity (Wildman–Crippen MR) is 97.1 cm³/mol. The highest BCUT2D eigenvalue weighted by Crippen LogP contribution is 2.49. The number of hydrogen-bond donors (Lipinski definition) is 0. The van der Waals surface area contributed by atoms with Crippen molar-refractivity contribution in [3.05, 3.63) is 59.7 Å². The first kappa shape index (κ1) is 17.8. The molecule has 2 aromatic rings. The van der Waals surface area contributed by atoms with Crippen LogP contribution in [0.1, 0.15) is 37.8 Å². The van der Waals surface area contributed by atoms with Gasteiger partial charge in [0, 0.05) is 13.0 Å². The van der Waals surface area contributed by atoms with E-state index >= 15 is 0 Å². The summed E-state index contributed by atoms with van der Waals surface area (Å²) in [5, 5.41) is 0. The molecule has 1 aliphatic rings.